The highest BCUT2D eigenvalue weighted by atomic mass is 16.6. The van der Waals surface area contributed by atoms with Crippen molar-refractivity contribution in [3.8, 4) is 0 Å². The molecule has 0 atom stereocenters. The van der Waals surface area contributed by atoms with Crippen LogP contribution in [0.3, 0.4) is 0 Å². The van der Waals surface area contributed by atoms with Gasteiger partial charge in [-0.25, -0.2) is 4.63 Å². The van der Waals surface area contributed by atoms with Gasteiger partial charge in [-0.05, 0) is 57.8 Å². The molecule has 1 aliphatic heterocycles. The summed E-state index contributed by atoms with van der Waals surface area (Å²) in [6, 6.07) is 16.0. The van der Waals surface area contributed by atoms with Crippen LogP contribution in [0.4, 0.5) is 11.4 Å². The lowest BCUT2D eigenvalue weighted by Gasteiger charge is -2.29. The number of benzene rings is 2. The number of nitrogens with one attached hydrogen (secondary N) is 4. The number of morpholine rings is 1. The number of amidine groups is 1. The number of aryl methyl sites for hydroxylation is 2. The Hall–Kier alpha value is -6.02. The molecule has 4 N–H and O–H groups in total. The van der Waals surface area contributed by atoms with Crippen LogP contribution in [0.2, 0.25) is 0 Å². The van der Waals surface area contributed by atoms with E-state index in [4.69, 9.17) is 14.8 Å². The van der Waals surface area contributed by atoms with E-state index in [2.05, 4.69) is 26.3 Å². The Morgan fingerprint density at radius 1 is 0.792 bits per heavy atom. The number of fused-ring (bicyclic) bond motifs is 1. The number of hydrogen-bond acceptors (Lipinski definition) is 8. The average Bonchev–Trinajstić information content (AvgIpc) is 3.81. The molecule has 3 amide bonds. The maximum absolute atomic E-state index is 13.1. The maximum Gasteiger partial charge on any atom is 0.272 e. The second-order valence-electron chi connectivity index (χ2n) is 11.4. The smallest absolute Gasteiger partial charge is 0.272 e. The Labute approximate surface area is 275 Å². The lowest BCUT2D eigenvalue weighted by molar-refractivity contribution is 0.0668. The topological polar surface area (TPSA) is 172 Å². The fraction of sp³-hybridized carbons (Fsp3) is 0.235. The number of carbonyl (C=O) groups is 3. The molecular weight excluding hydrogens is 614 g/mol. The van der Waals surface area contributed by atoms with E-state index in [1.807, 2.05) is 47.4 Å². The molecule has 0 saturated carbocycles. The fourth-order valence-electron chi connectivity index (χ4n) is 5.33. The van der Waals surface area contributed by atoms with Crippen LogP contribution in [0, 0.1) is 5.41 Å². The first-order valence-corrected chi connectivity index (χ1v) is 15.4. The van der Waals surface area contributed by atoms with Crippen molar-refractivity contribution < 1.29 is 23.7 Å². The monoisotopic (exact) mass is 649 g/mol. The van der Waals surface area contributed by atoms with E-state index >= 15 is 0 Å². The average molecular weight is 650 g/mol. The summed E-state index contributed by atoms with van der Waals surface area (Å²) >= 11 is 0. The summed E-state index contributed by atoms with van der Waals surface area (Å²) in [6.07, 6.45) is 7.59. The molecule has 6 rings (SSSR count). The molecule has 48 heavy (non-hydrogen) atoms. The molecule has 14 heteroatoms. The van der Waals surface area contributed by atoms with Crippen molar-refractivity contribution in [3.63, 3.8) is 0 Å². The van der Waals surface area contributed by atoms with Gasteiger partial charge >= 0.3 is 0 Å². The predicted octanol–water partition coefficient (Wildman–Crippen LogP) is 4.00. The predicted molar refractivity (Wildman–Crippen MR) is 181 cm³/mol. The lowest BCUT2D eigenvalue weighted by atomic mass is 10.1. The van der Waals surface area contributed by atoms with Crippen LogP contribution in [-0.4, -0.2) is 80.8 Å². The molecular formula is C34H35N9O5. The normalized spacial score (nSPS) is 13.2. The van der Waals surface area contributed by atoms with Crippen molar-refractivity contribution in [2.24, 2.45) is 14.1 Å². The zero-order valence-corrected chi connectivity index (χ0v) is 26.5. The third kappa shape index (κ3) is 7.50. The zero-order valence-electron chi connectivity index (χ0n) is 26.5. The van der Waals surface area contributed by atoms with Crippen LogP contribution in [0.15, 0.2) is 71.6 Å². The number of anilines is 2. The van der Waals surface area contributed by atoms with E-state index in [9.17, 15) is 14.4 Å². The van der Waals surface area contributed by atoms with Gasteiger partial charge in [0.05, 0.1) is 30.4 Å². The van der Waals surface area contributed by atoms with Gasteiger partial charge in [0.2, 0.25) is 0 Å². The lowest BCUT2D eigenvalue weighted by Crippen LogP contribution is -2.41. The van der Waals surface area contributed by atoms with Crippen molar-refractivity contribution in [2.45, 2.75) is 6.42 Å². The maximum atomic E-state index is 13.1. The van der Waals surface area contributed by atoms with E-state index in [-0.39, 0.29) is 11.8 Å². The zero-order chi connectivity index (χ0) is 33.6. The number of rotatable bonds is 10. The minimum Gasteiger partial charge on any atom is -0.378 e. The molecule has 1 saturated heterocycles. The van der Waals surface area contributed by atoms with Gasteiger partial charge in [0.25, 0.3) is 17.7 Å². The van der Waals surface area contributed by atoms with Gasteiger partial charge in [-0.2, -0.15) is 0 Å². The molecule has 3 aromatic heterocycles. The number of aromatic nitrogens is 4. The van der Waals surface area contributed by atoms with E-state index in [1.165, 1.54) is 0 Å². The van der Waals surface area contributed by atoms with Crippen molar-refractivity contribution in [2.75, 3.05) is 43.5 Å². The highest BCUT2D eigenvalue weighted by molar-refractivity contribution is 6.07. The Morgan fingerprint density at radius 3 is 2.10 bits per heavy atom. The van der Waals surface area contributed by atoms with Crippen LogP contribution in [0.1, 0.15) is 48.9 Å². The van der Waals surface area contributed by atoms with Gasteiger partial charge in [-0.3, -0.25) is 19.8 Å². The quantitative estimate of drug-likeness (QED) is 0.0999. The molecule has 246 valence electrons. The Balaban J connectivity index is 1.01. The van der Waals surface area contributed by atoms with Gasteiger partial charge in [-0.1, -0.05) is 30.4 Å². The van der Waals surface area contributed by atoms with E-state index in [0.717, 1.165) is 11.1 Å². The van der Waals surface area contributed by atoms with Gasteiger partial charge < -0.3 is 34.7 Å². The van der Waals surface area contributed by atoms with E-state index in [1.54, 1.807) is 59.9 Å². The second-order valence-corrected chi connectivity index (χ2v) is 11.4. The summed E-state index contributed by atoms with van der Waals surface area (Å²) in [5, 5.41) is 24.4. The summed E-state index contributed by atoms with van der Waals surface area (Å²) in [4.78, 5) is 40.9. The number of ether oxygens (including phenoxy) is 1. The van der Waals surface area contributed by atoms with Crippen LogP contribution >= 0.6 is 0 Å². The number of nitrogens with zero attached hydrogens (tertiary/aromatic N) is 5. The summed E-state index contributed by atoms with van der Waals surface area (Å²) in [5.41, 5.74) is 5.28. The summed E-state index contributed by atoms with van der Waals surface area (Å²) in [5.74, 6) is -0.547. The molecule has 5 aromatic rings. The molecule has 0 bridgehead atoms. The highest BCUT2D eigenvalue weighted by Gasteiger charge is 2.18. The van der Waals surface area contributed by atoms with Crippen LogP contribution in [0.25, 0.3) is 23.2 Å². The van der Waals surface area contributed by atoms with Crippen molar-refractivity contribution in [3.05, 3.63) is 95.1 Å². The summed E-state index contributed by atoms with van der Waals surface area (Å²) in [6.45, 7) is 2.88. The first-order chi connectivity index (χ1) is 23.2. The third-order valence-corrected chi connectivity index (χ3v) is 7.95. The first kappa shape index (κ1) is 31.9. The number of amides is 3. The molecule has 1 fully saturated rings. The van der Waals surface area contributed by atoms with Crippen LogP contribution in [-0.2, 0) is 18.8 Å². The number of carbonyl (C=O) groups excluding carboxylic acids is 3. The van der Waals surface area contributed by atoms with Gasteiger partial charge in [0.15, 0.2) is 0 Å². The van der Waals surface area contributed by atoms with Crippen molar-refractivity contribution >= 4 is 58.1 Å². The van der Waals surface area contributed by atoms with Gasteiger partial charge in [0, 0.05) is 58.1 Å². The molecule has 2 aromatic carbocycles. The van der Waals surface area contributed by atoms with Gasteiger partial charge in [0.1, 0.15) is 22.4 Å². The Kier molecular flexibility index (Phi) is 9.43. The van der Waals surface area contributed by atoms with Crippen LogP contribution < -0.4 is 16.0 Å². The van der Waals surface area contributed by atoms with E-state index in [0.29, 0.717) is 84.5 Å². The summed E-state index contributed by atoms with van der Waals surface area (Å²) < 4.78 is 13.3. The summed E-state index contributed by atoms with van der Waals surface area (Å²) in [7, 11) is 3.43. The largest absolute Gasteiger partial charge is 0.378 e. The second kappa shape index (κ2) is 14.2. The van der Waals surface area contributed by atoms with Crippen molar-refractivity contribution in [1.29, 1.82) is 5.41 Å². The Bertz CT molecular complexity index is 2000. The fourth-order valence-corrected chi connectivity index (χ4v) is 5.33. The Morgan fingerprint density at radius 2 is 1.40 bits per heavy atom. The molecule has 0 spiro atoms. The molecule has 0 unspecified atom stereocenters. The first-order valence-electron chi connectivity index (χ1n) is 15.4. The molecule has 14 nitrogen and oxygen atoms in total. The van der Waals surface area contributed by atoms with E-state index < -0.39 is 5.91 Å². The third-order valence-electron chi connectivity index (χ3n) is 7.95. The molecule has 1 aliphatic rings. The highest BCUT2D eigenvalue weighted by Crippen LogP contribution is 2.19. The minimum absolute atomic E-state index is 0.303. The molecule has 0 aliphatic carbocycles. The van der Waals surface area contributed by atoms with Crippen LogP contribution in [0.5, 0.6) is 0 Å². The molecule has 4 heterocycles. The molecule has 0 radical (unpaired) electrons. The minimum atomic E-state index is -0.399. The SMILES string of the molecule is Cn1cc(NC(=O)c2cc(NC(=O)c3ccc(/C=C/c4ccc5nonc5c4)cc3)cn2C)cc1C(=O)NCCC(=N)N1CCOCC1. The van der Waals surface area contributed by atoms with Gasteiger partial charge in [-0.15, -0.1) is 0 Å². The standard InChI is InChI=1S/C34H35N9O5/c1-41-21-26(18-29(41)33(45)36-12-11-31(35)43-13-15-47-16-14-43)38-34(46)30-19-25(20-42(30)2)37-32(44)24-8-5-22(6-9-24)3-4-23-7-10-27-28(17-23)40-48-39-27/h3-10,17-21,35H,11-16H2,1-2H3,(H,36,45)(H,37,44)(H,38,46)/b4-3+,35-31?. The number of hydrogen-bond donors (Lipinski definition) is 4. The van der Waals surface area contributed by atoms with Crippen molar-refractivity contribution in [1.82, 2.24) is 29.7 Å².